The third-order valence-corrected chi connectivity index (χ3v) is 11.7. The fourth-order valence-electron chi connectivity index (χ4n) is 8.72. The molecular formula is C41H54N8O5. The van der Waals surface area contributed by atoms with E-state index in [0.717, 1.165) is 77.2 Å². The predicted molar refractivity (Wildman–Crippen MR) is 206 cm³/mol. The molecule has 1 aliphatic carbocycles. The van der Waals surface area contributed by atoms with Gasteiger partial charge in [-0.15, -0.1) is 0 Å². The van der Waals surface area contributed by atoms with Gasteiger partial charge in [0.05, 0.1) is 48.2 Å². The maximum atomic E-state index is 13.9. The standard InChI is InChI=1S/C41H54N8O5/c1-22(2)34(43-24(5)53-6)39(50)48-18-8-9-33(48)37-44-30-17-15-27(20-31(30)45-37)25-10-12-26(13-11-25)32-21-42-38(46-32)36-28-14-16-29(19-28)49(36)40(51)35(23(3)4)47-41(52)54-7/h10-13,15,17,20-24,28-29,33-36,43H,8-9,14,16,18-19H2,1-7H3,(H,42,46)(H,44,45)(H,47,52)/t24?,28?,29?,33-,34-,35-,36?/m0/s1. The number of ether oxygens (including phenoxy) is 2. The van der Waals surface area contributed by atoms with Crippen LogP contribution < -0.4 is 10.6 Å². The molecule has 0 radical (unpaired) electrons. The number of hydrogen-bond acceptors (Lipinski definition) is 8. The zero-order valence-electron chi connectivity index (χ0n) is 32.4. The first-order valence-corrected chi connectivity index (χ1v) is 19.4. The Bertz CT molecular complexity index is 1970. The normalized spacial score (nSPS) is 22.7. The lowest BCUT2D eigenvalue weighted by Gasteiger charge is -2.37. The molecule has 4 aromatic rings. The first kappa shape index (κ1) is 37.6. The molecule has 288 valence electrons. The molecule has 2 saturated heterocycles. The topological polar surface area (TPSA) is 158 Å². The Kier molecular flexibility index (Phi) is 10.8. The predicted octanol–water partition coefficient (Wildman–Crippen LogP) is 6.32. The lowest BCUT2D eigenvalue weighted by molar-refractivity contribution is -0.139. The van der Waals surface area contributed by atoms with Gasteiger partial charge in [0.2, 0.25) is 11.8 Å². The van der Waals surface area contributed by atoms with Crippen molar-refractivity contribution in [2.45, 2.75) is 103 Å². The summed E-state index contributed by atoms with van der Waals surface area (Å²) in [4.78, 5) is 60.5. The van der Waals surface area contributed by atoms with Crippen LogP contribution in [0.1, 0.15) is 90.5 Å². The number of H-pyrrole nitrogens is 2. The van der Waals surface area contributed by atoms with Crippen LogP contribution in [0.2, 0.25) is 0 Å². The summed E-state index contributed by atoms with van der Waals surface area (Å²) in [6, 6.07) is 13.4. The molecule has 7 rings (SSSR count). The highest BCUT2D eigenvalue weighted by Gasteiger charge is 2.51. The number of alkyl carbamates (subject to hydrolysis) is 1. The van der Waals surface area contributed by atoms with E-state index in [-0.39, 0.29) is 54.0 Å². The highest BCUT2D eigenvalue weighted by Crippen LogP contribution is 2.50. The minimum atomic E-state index is -0.675. The zero-order chi connectivity index (χ0) is 38.3. The minimum absolute atomic E-state index is 0.0796. The number of carbonyl (C=O) groups excluding carboxylic acids is 3. The lowest BCUT2D eigenvalue weighted by atomic mass is 9.95. The van der Waals surface area contributed by atoms with Gasteiger partial charge in [0, 0.05) is 19.7 Å². The maximum Gasteiger partial charge on any atom is 0.407 e. The molecule has 2 aliphatic heterocycles. The van der Waals surface area contributed by atoms with Gasteiger partial charge in [-0.05, 0) is 85.6 Å². The molecule has 1 saturated carbocycles. The Hall–Kier alpha value is -4.75. The number of nitrogens with one attached hydrogen (secondary N) is 4. The zero-order valence-corrected chi connectivity index (χ0v) is 32.4. The Labute approximate surface area is 317 Å². The summed E-state index contributed by atoms with van der Waals surface area (Å²) in [5.74, 6) is 1.92. The van der Waals surface area contributed by atoms with E-state index in [4.69, 9.17) is 19.4 Å². The number of hydrogen-bond donors (Lipinski definition) is 4. The van der Waals surface area contributed by atoms with Crippen molar-refractivity contribution in [3.05, 3.63) is 60.3 Å². The number of nitrogens with zero attached hydrogens (tertiary/aromatic N) is 4. The quantitative estimate of drug-likeness (QED) is 0.123. The summed E-state index contributed by atoms with van der Waals surface area (Å²) in [7, 11) is 2.95. The van der Waals surface area contributed by atoms with Crippen molar-refractivity contribution in [1.29, 1.82) is 0 Å². The van der Waals surface area contributed by atoms with Crippen molar-refractivity contribution in [1.82, 2.24) is 40.4 Å². The Balaban J connectivity index is 1.07. The van der Waals surface area contributed by atoms with E-state index in [2.05, 4.69) is 70.8 Å². The Morgan fingerprint density at radius 1 is 0.852 bits per heavy atom. The maximum absolute atomic E-state index is 13.9. The Morgan fingerprint density at radius 2 is 1.57 bits per heavy atom. The molecule has 3 amide bonds. The van der Waals surface area contributed by atoms with E-state index in [1.165, 1.54) is 7.11 Å². The van der Waals surface area contributed by atoms with E-state index >= 15 is 0 Å². The molecular weight excluding hydrogens is 685 g/mol. The largest absolute Gasteiger partial charge is 0.453 e. The van der Waals surface area contributed by atoms with Gasteiger partial charge in [-0.3, -0.25) is 14.9 Å². The molecule has 4 N–H and O–H groups in total. The number of benzene rings is 2. The number of rotatable bonds is 12. The molecule has 13 nitrogen and oxygen atoms in total. The molecule has 13 heteroatoms. The average molecular weight is 739 g/mol. The number of aromatic nitrogens is 4. The van der Waals surface area contributed by atoms with Gasteiger partial charge < -0.3 is 34.6 Å². The van der Waals surface area contributed by atoms with Crippen LogP contribution in [0.3, 0.4) is 0 Å². The molecule has 3 aliphatic rings. The van der Waals surface area contributed by atoms with Gasteiger partial charge >= 0.3 is 6.09 Å². The van der Waals surface area contributed by atoms with Crippen molar-refractivity contribution in [2.75, 3.05) is 20.8 Å². The fourth-order valence-corrected chi connectivity index (χ4v) is 8.72. The molecule has 4 unspecified atom stereocenters. The summed E-state index contributed by atoms with van der Waals surface area (Å²) in [6.45, 7) is 10.6. The molecule has 54 heavy (non-hydrogen) atoms. The number of methoxy groups -OCH3 is 2. The van der Waals surface area contributed by atoms with Gasteiger partial charge in [0.15, 0.2) is 0 Å². The van der Waals surface area contributed by atoms with E-state index < -0.39 is 12.1 Å². The van der Waals surface area contributed by atoms with Crippen molar-refractivity contribution in [3.63, 3.8) is 0 Å². The number of fused-ring (bicyclic) bond motifs is 3. The number of piperidine rings is 1. The van der Waals surface area contributed by atoms with Gasteiger partial charge in [0.1, 0.15) is 23.9 Å². The van der Waals surface area contributed by atoms with E-state index in [9.17, 15) is 14.4 Å². The smallest absolute Gasteiger partial charge is 0.407 e. The minimum Gasteiger partial charge on any atom is -0.453 e. The number of carbonyl (C=O) groups is 3. The van der Waals surface area contributed by atoms with Crippen molar-refractivity contribution >= 4 is 28.9 Å². The first-order chi connectivity index (χ1) is 26.0. The summed E-state index contributed by atoms with van der Waals surface area (Å²) in [6.07, 6.45) is 5.75. The van der Waals surface area contributed by atoms with Crippen LogP contribution >= 0.6 is 0 Å². The molecule has 0 spiro atoms. The van der Waals surface area contributed by atoms with Gasteiger partial charge in [0.25, 0.3) is 0 Å². The number of aromatic amines is 2. The number of imidazole rings is 2. The molecule has 2 aromatic carbocycles. The van der Waals surface area contributed by atoms with Crippen molar-refractivity contribution < 1.29 is 23.9 Å². The number of likely N-dealkylation sites (tertiary alicyclic amines) is 2. The summed E-state index contributed by atoms with van der Waals surface area (Å²) >= 11 is 0. The lowest BCUT2D eigenvalue weighted by Crippen LogP contribution is -2.54. The van der Waals surface area contributed by atoms with Crippen LogP contribution in [0.5, 0.6) is 0 Å². The fraction of sp³-hybridized carbons (Fsp3) is 0.537. The van der Waals surface area contributed by atoms with Gasteiger partial charge in [-0.2, -0.15) is 0 Å². The van der Waals surface area contributed by atoms with Crippen LogP contribution in [-0.4, -0.2) is 92.8 Å². The van der Waals surface area contributed by atoms with Gasteiger partial charge in [-0.1, -0.05) is 58.0 Å². The Morgan fingerprint density at radius 3 is 2.28 bits per heavy atom. The molecule has 7 atom stereocenters. The number of amides is 3. The second-order valence-electron chi connectivity index (χ2n) is 15.8. The van der Waals surface area contributed by atoms with E-state index in [0.29, 0.717) is 12.5 Å². The van der Waals surface area contributed by atoms with E-state index in [1.54, 1.807) is 7.11 Å². The van der Waals surface area contributed by atoms with Crippen LogP contribution in [0.15, 0.2) is 48.7 Å². The third kappa shape index (κ3) is 7.23. The second kappa shape index (κ2) is 15.5. The monoisotopic (exact) mass is 738 g/mol. The van der Waals surface area contributed by atoms with Crippen LogP contribution in [0, 0.1) is 17.8 Å². The van der Waals surface area contributed by atoms with Crippen molar-refractivity contribution in [2.24, 2.45) is 17.8 Å². The van der Waals surface area contributed by atoms with Crippen LogP contribution in [0.25, 0.3) is 33.4 Å². The van der Waals surface area contributed by atoms with E-state index in [1.807, 2.05) is 42.8 Å². The summed E-state index contributed by atoms with van der Waals surface area (Å²) in [5.41, 5.74) is 5.81. The average Bonchev–Trinajstić information content (AvgIpc) is 4.02. The third-order valence-electron chi connectivity index (χ3n) is 11.7. The van der Waals surface area contributed by atoms with Crippen molar-refractivity contribution in [3.8, 4) is 22.4 Å². The summed E-state index contributed by atoms with van der Waals surface area (Å²) < 4.78 is 10.2. The highest BCUT2D eigenvalue weighted by molar-refractivity contribution is 5.87. The second-order valence-corrected chi connectivity index (χ2v) is 15.8. The summed E-state index contributed by atoms with van der Waals surface area (Å²) in [5, 5.41) is 6.10. The van der Waals surface area contributed by atoms with Crippen LogP contribution in [-0.2, 0) is 19.1 Å². The molecule has 3 fully saturated rings. The van der Waals surface area contributed by atoms with Gasteiger partial charge in [-0.25, -0.2) is 14.8 Å². The molecule has 4 heterocycles. The molecule has 2 aromatic heterocycles. The SMILES string of the molecule is COC(=O)N[C@H](C(=O)N1C2CCC(C2)C1c1ncc(-c2ccc(-c3ccc4nc([C@@H]5CCCN5C(=O)[C@@H](NC(C)OC)C(C)C)[nH]c4c3)cc2)[nH]1)C(C)C. The highest BCUT2D eigenvalue weighted by atomic mass is 16.5. The molecule has 2 bridgehead atoms. The van der Waals surface area contributed by atoms with Crippen LogP contribution in [0.4, 0.5) is 4.79 Å². The first-order valence-electron chi connectivity index (χ1n) is 19.4.